The van der Waals surface area contributed by atoms with Gasteiger partial charge in [0, 0.05) is 17.1 Å². The summed E-state index contributed by atoms with van der Waals surface area (Å²) in [6.45, 7) is 9.71. The SMILES string of the molecule is CCC(C(=O)Nc1cc(C)ccc1C)n1c(=O)cc(C)c2c(C)nn(-c3ccccc3)c21. The van der Waals surface area contributed by atoms with Crippen molar-refractivity contribution in [3.05, 3.63) is 87.3 Å². The van der Waals surface area contributed by atoms with Crippen LogP contribution in [0.15, 0.2) is 59.4 Å². The molecule has 1 unspecified atom stereocenters. The van der Waals surface area contributed by atoms with E-state index in [1.165, 1.54) is 0 Å². The van der Waals surface area contributed by atoms with Gasteiger partial charge in [-0.2, -0.15) is 5.10 Å². The van der Waals surface area contributed by atoms with E-state index in [1.807, 2.05) is 83.1 Å². The molecule has 2 heterocycles. The van der Waals surface area contributed by atoms with Crippen LogP contribution in [-0.2, 0) is 4.79 Å². The predicted octanol–water partition coefficient (Wildman–Crippen LogP) is 5.01. The maximum Gasteiger partial charge on any atom is 0.253 e. The summed E-state index contributed by atoms with van der Waals surface area (Å²) >= 11 is 0. The van der Waals surface area contributed by atoms with Crippen molar-refractivity contribution in [3.8, 4) is 5.69 Å². The summed E-state index contributed by atoms with van der Waals surface area (Å²) in [5.41, 5.74) is 5.74. The third kappa shape index (κ3) is 3.73. The highest BCUT2D eigenvalue weighted by Crippen LogP contribution is 2.27. The lowest BCUT2D eigenvalue weighted by atomic mass is 10.1. The normalized spacial score (nSPS) is 12.2. The summed E-state index contributed by atoms with van der Waals surface area (Å²) in [5.74, 6) is -0.216. The third-order valence-corrected chi connectivity index (χ3v) is 5.89. The lowest BCUT2D eigenvalue weighted by Gasteiger charge is -2.21. The topological polar surface area (TPSA) is 68.9 Å². The number of nitrogens with one attached hydrogen (secondary N) is 1. The van der Waals surface area contributed by atoms with Gasteiger partial charge in [0.25, 0.3) is 5.56 Å². The standard InChI is InChI=1S/C26H28N4O2/c1-6-22(25(32)27-21-14-16(2)12-13-17(21)3)29-23(31)15-18(4)24-19(5)28-30(26(24)29)20-10-8-7-9-11-20/h7-15,22H,6H2,1-5H3,(H,27,32). The average Bonchev–Trinajstić information content (AvgIpc) is 3.11. The number of pyridine rings is 1. The largest absolute Gasteiger partial charge is 0.324 e. The number of anilines is 1. The second kappa shape index (κ2) is 8.46. The van der Waals surface area contributed by atoms with Crippen LogP contribution in [0.25, 0.3) is 16.7 Å². The molecule has 0 fully saturated rings. The smallest absolute Gasteiger partial charge is 0.253 e. The summed E-state index contributed by atoms with van der Waals surface area (Å²) in [6.07, 6.45) is 0.466. The predicted molar refractivity (Wildman–Crippen MR) is 129 cm³/mol. The van der Waals surface area contributed by atoms with Crippen molar-refractivity contribution in [2.24, 2.45) is 0 Å². The Morgan fingerprint density at radius 1 is 1.00 bits per heavy atom. The highest BCUT2D eigenvalue weighted by Gasteiger charge is 2.26. The van der Waals surface area contributed by atoms with Crippen molar-refractivity contribution < 1.29 is 4.79 Å². The van der Waals surface area contributed by atoms with Gasteiger partial charge in [0.05, 0.1) is 11.4 Å². The molecule has 2 aromatic heterocycles. The number of carbonyl (C=O) groups excluding carboxylic acids is 1. The quantitative estimate of drug-likeness (QED) is 0.486. The van der Waals surface area contributed by atoms with Crippen LogP contribution in [0.4, 0.5) is 5.69 Å². The third-order valence-electron chi connectivity index (χ3n) is 5.89. The molecular formula is C26H28N4O2. The molecule has 164 valence electrons. The zero-order valence-electron chi connectivity index (χ0n) is 19.1. The molecule has 0 aliphatic heterocycles. The Balaban J connectivity index is 1.91. The summed E-state index contributed by atoms with van der Waals surface area (Å²) in [7, 11) is 0. The number of aryl methyl sites for hydroxylation is 4. The fourth-order valence-corrected chi connectivity index (χ4v) is 4.25. The number of rotatable bonds is 5. The molecule has 1 amide bonds. The van der Waals surface area contributed by atoms with Crippen molar-refractivity contribution >= 4 is 22.6 Å². The molecular weight excluding hydrogens is 400 g/mol. The minimum Gasteiger partial charge on any atom is -0.324 e. The van der Waals surface area contributed by atoms with E-state index in [2.05, 4.69) is 5.32 Å². The van der Waals surface area contributed by atoms with E-state index in [0.717, 1.165) is 39.1 Å². The lowest BCUT2D eigenvalue weighted by Crippen LogP contribution is -2.34. The van der Waals surface area contributed by atoms with E-state index in [9.17, 15) is 9.59 Å². The van der Waals surface area contributed by atoms with Crippen LogP contribution in [0.5, 0.6) is 0 Å². The maximum atomic E-state index is 13.4. The van der Waals surface area contributed by atoms with E-state index < -0.39 is 6.04 Å². The van der Waals surface area contributed by atoms with Gasteiger partial charge in [-0.15, -0.1) is 0 Å². The van der Waals surface area contributed by atoms with Gasteiger partial charge in [-0.05, 0) is 69.0 Å². The van der Waals surface area contributed by atoms with Gasteiger partial charge in [0.1, 0.15) is 11.7 Å². The summed E-state index contributed by atoms with van der Waals surface area (Å²) in [6, 6.07) is 16.6. The van der Waals surface area contributed by atoms with Crippen LogP contribution in [0.1, 0.15) is 41.8 Å². The van der Waals surface area contributed by atoms with E-state index in [4.69, 9.17) is 5.10 Å². The number of nitrogens with zero attached hydrogens (tertiary/aromatic N) is 3. The van der Waals surface area contributed by atoms with Crippen LogP contribution >= 0.6 is 0 Å². The second-order valence-corrected chi connectivity index (χ2v) is 8.30. The van der Waals surface area contributed by atoms with E-state index in [-0.39, 0.29) is 11.5 Å². The van der Waals surface area contributed by atoms with Gasteiger partial charge < -0.3 is 5.32 Å². The zero-order chi connectivity index (χ0) is 23.0. The highest BCUT2D eigenvalue weighted by molar-refractivity contribution is 5.96. The Morgan fingerprint density at radius 3 is 2.41 bits per heavy atom. The molecule has 1 N–H and O–H groups in total. The van der Waals surface area contributed by atoms with Crippen LogP contribution < -0.4 is 10.9 Å². The van der Waals surface area contributed by atoms with Crippen LogP contribution in [-0.4, -0.2) is 20.3 Å². The Morgan fingerprint density at radius 2 is 1.72 bits per heavy atom. The van der Waals surface area contributed by atoms with Crippen LogP contribution in [0, 0.1) is 27.7 Å². The molecule has 2 aromatic carbocycles. The van der Waals surface area contributed by atoms with Crippen molar-refractivity contribution in [2.45, 2.75) is 47.1 Å². The number of fused-ring (bicyclic) bond motifs is 1. The van der Waals surface area contributed by atoms with Gasteiger partial charge in [-0.25, -0.2) is 4.68 Å². The number of aromatic nitrogens is 3. The first kappa shape index (κ1) is 21.6. The Kier molecular flexibility index (Phi) is 5.70. The van der Waals surface area contributed by atoms with Crippen molar-refractivity contribution in [1.29, 1.82) is 0 Å². The first-order valence-corrected chi connectivity index (χ1v) is 10.9. The summed E-state index contributed by atoms with van der Waals surface area (Å²) in [4.78, 5) is 26.7. The number of hydrogen-bond donors (Lipinski definition) is 1. The molecule has 0 aliphatic carbocycles. The Labute approximate surface area is 187 Å². The van der Waals surface area contributed by atoms with Crippen molar-refractivity contribution in [1.82, 2.24) is 14.3 Å². The minimum absolute atomic E-state index is 0.213. The van der Waals surface area contributed by atoms with E-state index in [0.29, 0.717) is 12.1 Å². The first-order valence-electron chi connectivity index (χ1n) is 10.9. The number of para-hydroxylation sites is 1. The van der Waals surface area contributed by atoms with Crippen LogP contribution in [0.2, 0.25) is 0 Å². The molecule has 0 saturated carbocycles. The van der Waals surface area contributed by atoms with E-state index >= 15 is 0 Å². The zero-order valence-corrected chi connectivity index (χ0v) is 19.1. The molecule has 0 saturated heterocycles. The summed E-state index contributed by atoms with van der Waals surface area (Å²) < 4.78 is 3.36. The van der Waals surface area contributed by atoms with Crippen LogP contribution in [0.3, 0.4) is 0 Å². The molecule has 0 bridgehead atoms. The number of carbonyl (C=O) groups is 1. The van der Waals surface area contributed by atoms with Gasteiger partial charge in [0.15, 0.2) is 0 Å². The lowest BCUT2D eigenvalue weighted by molar-refractivity contribution is -0.119. The maximum absolute atomic E-state index is 13.4. The monoisotopic (exact) mass is 428 g/mol. The molecule has 0 spiro atoms. The van der Waals surface area contributed by atoms with Gasteiger partial charge in [-0.3, -0.25) is 14.2 Å². The minimum atomic E-state index is -0.677. The fraction of sp³-hybridized carbons (Fsp3) is 0.269. The molecule has 32 heavy (non-hydrogen) atoms. The Hall–Kier alpha value is -3.67. The van der Waals surface area contributed by atoms with Gasteiger partial charge in [0.2, 0.25) is 5.91 Å². The molecule has 0 radical (unpaired) electrons. The summed E-state index contributed by atoms with van der Waals surface area (Å²) in [5, 5.41) is 8.67. The molecule has 6 heteroatoms. The van der Waals surface area contributed by atoms with Gasteiger partial charge in [-0.1, -0.05) is 37.3 Å². The Bertz CT molecular complexity index is 1370. The number of amides is 1. The van der Waals surface area contributed by atoms with Crippen molar-refractivity contribution in [3.63, 3.8) is 0 Å². The molecule has 6 nitrogen and oxygen atoms in total. The molecule has 4 rings (SSSR count). The number of benzene rings is 2. The highest BCUT2D eigenvalue weighted by atomic mass is 16.2. The average molecular weight is 429 g/mol. The van der Waals surface area contributed by atoms with Gasteiger partial charge >= 0.3 is 0 Å². The number of hydrogen-bond acceptors (Lipinski definition) is 3. The molecule has 4 aromatic rings. The van der Waals surface area contributed by atoms with Crippen molar-refractivity contribution in [2.75, 3.05) is 5.32 Å². The van der Waals surface area contributed by atoms with E-state index in [1.54, 1.807) is 15.3 Å². The molecule has 1 atom stereocenters. The first-order chi connectivity index (χ1) is 15.3. The fourth-order valence-electron chi connectivity index (χ4n) is 4.25. The molecule has 0 aliphatic rings. The second-order valence-electron chi connectivity index (χ2n) is 8.30.